The second kappa shape index (κ2) is 5.77. The molecule has 2 amide bonds. The van der Waals surface area contributed by atoms with Crippen LogP contribution < -0.4 is 5.73 Å². The van der Waals surface area contributed by atoms with Gasteiger partial charge in [0.25, 0.3) is 0 Å². The van der Waals surface area contributed by atoms with Gasteiger partial charge in [0.2, 0.25) is 0 Å². The molecule has 0 fully saturated rings. The maximum atomic E-state index is 11.4. The van der Waals surface area contributed by atoms with Crippen molar-refractivity contribution in [2.24, 2.45) is 5.73 Å². The van der Waals surface area contributed by atoms with Gasteiger partial charge in [-0.05, 0) is 23.3 Å². The summed E-state index contributed by atoms with van der Waals surface area (Å²) in [5, 5.41) is 0. The molecule has 0 aliphatic heterocycles. The van der Waals surface area contributed by atoms with Crippen molar-refractivity contribution in [2.75, 3.05) is 0 Å². The van der Waals surface area contributed by atoms with Gasteiger partial charge in [-0.25, -0.2) is 4.79 Å². The minimum Gasteiger partial charge on any atom is -0.351 e. The molecule has 92 valence electrons. The van der Waals surface area contributed by atoms with Crippen molar-refractivity contribution >= 4 is 6.03 Å². The number of hydrogen-bond donors (Lipinski definition) is 1. The highest BCUT2D eigenvalue weighted by atomic mass is 16.2. The number of hydrogen-bond acceptors (Lipinski definition) is 3. The number of amides is 2. The smallest absolute Gasteiger partial charge is 0.315 e. The summed E-state index contributed by atoms with van der Waals surface area (Å²) in [6, 6.07) is 7.03. The Labute approximate surface area is 105 Å². The van der Waals surface area contributed by atoms with E-state index in [-0.39, 0.29) is 0 Å². The molecule has 2 aromatic heterocycles. The number of nitrogens with two attached hydrogens (primary N) is 1. The van der Waals surface area contributed by atoms with E-state index in [4.69, 9.17) is 5.73 Å². The summed E-state index contributed by atoms with van der Waals surface area (Å²) in [7, 11) is 0. The number of primary amides is 1. The fraction of sp³-hybridized carbons (Fsp3) is 0.154. The Kier molecular flexibility index (Phi) is 3.86. The summed E-state index contributed by atoms with van der Waals surface area (Å²) in [5.74, 6) is 0. The van der Waals surface area contributed by atoms with Crippen molar-refractivity contribution < 1.29 is 4.79 Å². The van der Waals surface area contributed by atoms with Crippen molar-refractivity contribution in [2.45, 2.75) is 13.1 Å². The molecule has 0 aromatic carbocycles. The van der Waals surface area contributed by atoms with E-state index in [0.29, 0.717) is 13.1 Å². The van der Waals surface area contributed by atoms with Crippen molar-refractivity contribution in [1.82, 2.24) is 14.9 Å². The first-order valence-electron chi connectivity index (χ1n) is 5.58. The predicted molar refractivity (Wildman–Crippen MR) is 67.3 cm³/mol. The van der Waals surface area contributed by atoms with Crippen LogP contribution in [-0.2, 0) is 13.1 Å². The van der Waals surface area contributed by atoms with E-state index in [9.17, 15) is 4.79 Å². The van der Waals surface area contributed by atoms with E-state index < -0.39 is 6.03 Å². The molecule has 2 N–H and O–H groups in total. The molecule has 0 aliphatic rings. The van der Waals surface area contributed by atoms with E-state index >= 15 is 0 Å². The van der Waals surface area contributed by atoms with Gasteiger partial charge in [-0.3, -0.25) is 9.97 Å². The highest BCUT2D eigenvalue weighted by molar-refractivity contribution is 5.72. The van der Waals surface area contributed by atoms with Crippen LogP contribution in [0.4, 0.5) is 4.79 Å². The molecule has 0 bridgehead atoms. The highest BCUT2D eigenvalue weighted by Crippen LogP contribution is 2.07. The molecule has 2 heterocycles. The highest BCUT2D eigenvalue weighted by Gasteiger charge is 2.11. The van der Waals surface area contributed by atoms with E-state index in [2.05, 4.69) is 9.97 Å². The lowest BCUT2D eigenvalue weighted by Gasteiger charge is -2.20. The van der Waals surface area contributed by atoms with Crippen LogP contribution in [0.15, 0.2) is 49.1 Å². The monoisotopic (exact) mass is 242 g/mol. The molecule has 2 aromatic rings. The molecule has 0 saturated carbocycles. The summed E-state index contributed by atoms with van der Waals surface area (Å²) in [4.78, 5) is 21.0. The molecule has 2 rings (SSSR count). The van der Waals surface area contributed by atoms with Crippen molar-refractivity contribution in [3.05, 3.63) is 60.2 Å². The number of urea groups is 1. The zero-order valence-electron chi connectivity index (χ0n) is 9.86. The summed E-state index contributed by atoms with van der Waals surface area (Å²) in [6.45, 7) is 0.885. The molecule has 5 heteroatoms. The average molecular weight is 242 g/mol. The second-order valence-corrected chi connectivity index (χ2v) is 3.92. The van der Waals surface area contributed by atoms with Crippen LogP contribution in [0.3, 0.4) is 0 Å². The molecular weight excluding hydrogens is 228 g/mol. The molecule has 0 radical (unpaired) electrons. The molecule has 0 saturated heterocycles. The Hall–Kier alpha value is -2.43. The van der Waals surface area contributed by atoms with Crippen molar-refractivity contribution in [3.8, 4) is 0 Å². The number of aromatic nitrogens is 2. The van der Waals surface area contributed by atoms with Gasteiger partial charge in [0.1, 0.15) is 0 Å². The summed E-state index contributed by atoms with van der Waals surface area (Å²) >= 11 is 0. The molecule has 5 nitrogen and oxygen atoms in total. The zero-order valence-corrected chi connectivity index (χ0v) is 9.86. The Morgan fingerprint density at radius 1 is 1.06 bits per heavy atom. The Balaban J connectivity index is 2.08. The predicted octanol–water partition coefficient (Wildman–Crippen LogP) is 1.56. The van der Waals surface area contributed by atoms with Crippen LogP contribution in [0.5, 0.6) is 0 Å². The fourth-order valence-corrected chi connectivity index (χ4v) is 1.64. The van der Waals surface area contributed by atoms with Gasteiger partial charge in [-0.1, -0.05) is 12.1 Å². The number of nitrogens with zero attached hydrogens (tertiary/aromatic N) is 3. The zero-order chi connectivity index (χ0) is 12.8. The van der Waals surface area contributed by atoms with Gasteiger partial charge in [0.05, 0.1) is 0 Å². The van der Waals surface area contributed by atoms with E-state index in [1.54, 1.807) is 29.7 Å². The third kappa shape index (κ3) is 3.28. The van der Waals surface area contributed by atoms with Crippen LogP contribution in [0.1, 0.15) is 11.1 Å². The van der Waals surface area contributed by atoms with Crippen LogP contribution in [0.2, 0.25) is 0 Å². The third-order valence-corrected chi connectivity index (χ3v) is 2.50. The Bertz CT molecular complexity index is 459. The maximum Gasteiger partial charge on any atom is 0.315 e. The molecule has 18 heavy (non-hydrogen) atoms. The van der Waals surface area contributed by atoms with Crippen LogP contribution in [0, 0.1) is 0 Å². The quantitative estimate of drug-likeness (QED) is 0.884. The first kappa shape index (κ1) is 12.0. The topological polar surface area (TPSA) is 72.1 Å². The number of pyridine rings is 2. The lowest BCUT2D eigenvalue weighted by atomic mass is 10.2. The molecule has 0 aliphatic carbocycles. The first-order valence-corrected chi connectivity index (χ1v) is 5.58. The largest absolute Gasteiger partial charge is 0.351 e. The lowest BCUT2D eigenvalue weighted by Crippen LogP contribution is -2.34. The summed E-state index contributed by atoms with van der Waals surface area (Å²) in [5.41, 5.74) is 7.27. The molecule has 0 unspecified atom stereocenters. The number of carbonyl (C=O) groups is 1. The molecule has 0 atom stereocenters. The number of carbonyl (C=O) groups excluding carboxylic acids is 1. The van der Waals surface area contributed by atoms with Crippen molar-refractivity contribution in [1.29, 1.82) is 0 Å². The van der Waals surface area contributed by atoms with Crippen LogP contribution in [0.25, 0.3) is 0 Å². The normalized spacial score (nSPS) is 10.0. The van der Waals surface area contributed by atoms with Gasteiger partial charge in [0.15, 0.2) is 0 Å². The van der Waals surface area contributed by atoms with Gasteiger partial charge in [-0.15, -0.1) is 0 Å². The second-order valence-electron chi connectivity index (χ2n) is 3.92. The van der Waals surface area contributed by atoms with Gasteiger partial charge in [-0.2, -0.15) is 0 Å². The van der Waals surface area contributed by atoms with E-state index in [0.717, 1.165) is 11.1 Å². The fourth-order valence-electron chi connectivity index (χ4n) is 1.64. The molecular formula is C13H14N4O. The van der Waals surface area contributed by atoms with Crippen LogP contribution in [-0.4, -0.2) is 20.9 Å². The average Bonchev–Trinajstić information content (AvgIpc) is 2.40. The number of rotatable bonds is 4. The summed E-state index contributed by atoms with van der Waals surface area (Å²) < 4.78 is 0. The van der Waals surface area contributed by atoms with E-state index in [1.165, 1.54) is 0 Å². The molecule has 0 spiro atoms. The SMILES string of the molecule is NC(=O)N(Cc1cccnc1)Cc1cccnc1. The minimum atomic E-state index is -0.456. The van der Waals surface area contributed by atoms with Crippen LogP contribution >= 0.6 is 0 Å². The van der Waals surface area contributed by atoms with E-state index in [1.807, 2.05) is 24.3 Å². The summed E-state index contributed by atoms with van der Waals surface area (Å²) in [6.07, 6.45) is 6.83. The third-order valence-electron chi connectivity index (χ3n) is 2.50. The van der Waals surface area contributed by atoms with Gasteiger partial charge in [0, 0.05) is 37.9 Å². The lowest BCUT2D eigenvalue weighted by molar-refractivity contribution is 0.202. The Morgan fingerprint density at radius 2 is 1.56 bits per heavy atom. The minimum absolute atomic E-state index is 0.443. The first-order chi connectivity index (χ1) is 8.75. The standard InChI is InChI=1S/C13H14N4O/c14-13(18)17(9-11-3-1-5-15-7-11)10-12-4-2-6-16-8-12/h1-8H,9-10H2,(H2,14,18). The maximum absolute atomic E-state index is 11.4. The Morgan fingerprint density at radius 3 is 1.89 bits per heavy atom. The van der Waals surface area contributed by atoms with Gasteiger partial charge < -0.3 is 10.6 Å². The van der Waals surface area contributed by atoms with Gasteiger partial charge >= 0.3 is 6.03 Å². The van der Waals surface area contributed by atoms with Crippen molar-refractivity contribution in [3.63, 3.8) is 0 Å².